The molecule has 0 amide bonds. The largest absolute Gasteiger partial charge is 0.310 e. The molecule has 16 aromatic carbocycles. The molecule has 0 heterocycles. The molecule has 0 aliphatic heterocycles. The molecule has 0 aliphatic carbocycles. The molecule has 88 heavy (non-hydrogen) atoms. The molecule has 0 bridgehead atoms. The molecule has 4 nitrogen and oxygen atoms in total. The SMILES string of the molecule is Cc1ccc(N(c2ccccc2)c2ccc3ccc4c(N(c5ccccc5)c5ccc(Cc6ccc(N(c7ccc(F)cc7)c7ccc8ccc9c(N(c%10ccccc%10)c%10ccc(F)cc%10)ccc%10ccc7c8c%109)cc6)cc5)ccc5ccc2c3c54)cc1. The van der Waals surface area contributed by atoms with E-state index in [2.05, 4.69) is 269 Å². The van der Waals surface area contributed by atoms with E-state index in [9.17, 15) is 8.78 Å². The maximum atomic E-state index is 14.8. The van der Waals surface area contributed by atoms with E-state index in [4.69, 9.17) is 0 Å². The van der Waals surface area contributed by atoms with E-state index in [0.29, 0.717) is 0 Å². The highest BCUT2D eigenvalue weighted by molar-refractivity contribution is 6.29. The highest BCUT2D eigenvalue weighted by atomic mass is 19.1. The van der Waals surface area contributed by atoms with Gasteiger partial charge < -0.3 is 19.6 Å². The van der Waals surface area contributed by atoms with Gasteiger partial charge in [0.2, 0.25) is 0 Å². The first kappa shape index (κ1) is 52.2. The minimum atomic E-state index is -0.292. The van der Waals surface area contributed by atoms with Crippen LogP contribution in [0.2, 0.25) is 0 Å². The van der Waals surface area contributed by atoms with E-state index in [-0.39, 0.29) is 11.6 Å². The normalized spacial score (nSPS) is 11.6. The van der Waals surface area contributed by atoms with Crippen LogP contribution in [0.15, 0.2) is 309 Å². The molecular formula is C82H56F2N4. The fraction of sp³-hybridized carbons (Fsp3) is 0.0244. The smallest absolute Gasteiger partial charge is 0.123 e. The van der Waals surface area contributed by atoms with E-state index in [1.165, 1.54) is 73.3 Å². The summed E-state index contributed by atoms with van der Waals surface area (Å²) in [6.45, 7) is 2.14. The molecule has 0 radical (unpaired) electrons. The molecule has 0 aromatic heterocycles. The first-order valence-corrected chi connectivity index (χ1v) is 29.9. The van der Waals surface area contributed by atoms with E-state index in [0.717, 1.165) is 107 Å². The topological polar surface area (TPSA) is 13.0 Å². The van der Waals surface area contributed by atoms with Crippen molar-refractivity contribution in [3.63, 3.8) is 0 Å². The number of hydrogen-bond acceptors (Lipinski definition) is 4. The molecule has 16 rings (SSSR count). The van der Waals surface area contributed by atoms with Crippen LogP contribution < -0.4 is 19.6 Å². The van der Waals surface area contributed by atoms with Crippen molar-refractivity contribution in [2.75, 3.05) is 19.6 Å². The minimum Gasteiger partial charge on any atom is -0.310 e. The third-order valence-corrected chi connectivity index (χ3v) is 17.5. The maximum absolute atomic E-state index is 14.8. The van der Waals surface area contributed by atoms with Crippen LogP contribution in [0.1, 0.15) is 16.7 Å². The van der Waals surface area contributed by atoms with E-state index in [1.807, 2.05) is 42.5 Å². The van der Waals surface area contributed by atoms with Crippen LogP contribution in [0.5, 0.6) is 0 Å². The lowest BCUT2D eigenvalue weighted by atomic mass is 9.91. The van der Waals surface area contributed by atoms with E-state index < -0.39 is 0 Å². The maximum Gasteiger partial charge on any atom is 0.123 e. The zero-order valence-corrected chi connectivity index (χ0v) is 48.2. The van der Waals surface area contributed by atoms with Crippen molar-refractivity contribution in [2.24, 2.45) is 0 Å². The summed E-state index contributed by atoms with van der Waals surface area (Å²) in [5.41, 5.74) is 15.8. The van der Waals surface area contributed by atoms with Crippen LogP contribution >= 0.6 is 0 Å². The number of aryl methyl sites for hydroxylation is 1. The van der Waals surface area contributed by atoms with Gasteiger partial charge in [-0.2, -0.15) is 0 Å². The number of halogens is 2. The second kappa shape index (κ2) is 21.6. The van der Waals surface area contributed by atoms with Crippen molar-refractivity contribution in [1.29, 1.82) is 0 Å². The van der Waals surface area contributed by atoms with Crippen molar-refractivity contribution in [3.8, 4) is 0 Å². The summed E-state index contributed by atoms with van der Waals surface area (Å²) in [6, 6.07) is 107. The average molecular weight is 1140 g/mol. The zero-order chi connectivity index (χ0) is 58.8. The predicted molar refractivity (Wildman–Crippen MR) is 366 cm³/mol. The number of anilines is 12. The fourth-order valence-electron chi connectivity index (χ4n) is 13.4. The van der Waals surface area contributed by atoms with Crippen molar-refractivity contribution in [2.45, 2.75) is 13.3 Å². The van der Waals surface area contributed by atoms with E-state index in [1.54, 1.807) is 0 Å². The molecular weight excluding hydrogens is 1080 g/mol. The Morgan fingerprint density at radius 1 is 0.227 bits per heavy atom. The molecule has 0 N–H and O–H groups in total. The Bertz CT molecular complexity index is 5180. The molecule has 6 heteroatoms. The highest BCUT2D eigenvalue weighted by Crippen LogP contribution is 2.50. The van der Waals surface area contributed by atoms with Crippen molar-refractivity contribution >= 4 is 133 Å². The van der Waals surface area contributed by atoms with Gasteiger partial charge in [-0.25, -0.2) is 8.78 Å². The zero-order valence-electron chi connectivity index (χ0n) is 48.2. The molecule has 0 aliphatic rings. The lowest BCUT2D eigenvalue weighted by Gasteiger charge is -2.29. The van der Waals surface area contributed by atoms with Crippen LogP contribution in [-0.4, -0.2) is 0 Å². The van der Waals surface area contributed by atoms with Gasteiger partial charge in [-0.15, -0.1) is 0 Å². The Balaban J connectivity index is 0.744. The Labute approximate surface area is 509 Å². The molecule has 418 valence electrons. The Morgan fingerprint density at radius 2 is 0.455 bits per heavy atom. The summed E-state index contributed by atoms with van der Waals surface area (Å²) in [4.78, 5) is 9.21. The van der Waals surface area contributed by atoms with Crippen LogP contribution in [-0.2, 0) is 6.42 Å². The summed E-state index contributed by atoms with van der Waals surface area (Å²) in [6.07, 6.45) is 0.727. The predicted octanol–water partition coefficient (Wildman–Crippen LogP) is 23.5. The minimum absolute atomic E-state index is 0.282. The molecule has 0 spiro atoms. The monoisotopic (exact) mass is 1130 g/mol. The Kier molecular flexibility index (Phi) is 12.8. The summed E-state index contributed by atoms with van der Waals surface area (Å²) in [7, 11) is 0. The fourth-order valence-corrected chi connectivity index (χ4v) is 13.4. The summed E-state index contributed by atoms with van der Waals surface area (Å²) in [5, 5.41) is 13.9. The number of benzene rings is 16. The van der Waals surface area contributed by atoms with Gasteiger partial charge in [0.05, 0.1) is 22.7 Å². The van der Waals surface area contributed by atoms with Crippen LogP contribution in [0, 0.1) is 18.6 Å². The second-order valence-electron chi connectivity index (χ2n) is 22.8. The van der Waals surface area contributed by atoms with Crippen LogP contribution in [0.25, 0.3) is 64.6 Å². The van der Waals surface area contributed by atoms with Gasteiger partial charge in [0.1, 0.15) is 11.6 Å². The average Bonchev–Trinajstić information content (AvgIpc) is 0.792. The molecule has 0 atom stereocenters. The highest BCUT2D eigenvalue weighted by Gasteiger charge is 2.25. The quantitative estimate of drug-likeness (QED) is 0.101. The summed E-state index contributed by atoms with van der Waals surface area (Å²) < 4.78 is 29.2. The van der Waals surface area contributed by atoms with Crippen LogP contribution in [0.3, 0.4) is 0 Å². The van der Waals surface area contributed by atoms with Crippen LogP contribution in [0.4, 0.5) is 77.0 Å². The molecule has 0 fully saturated rings. The summed E-state index contributed by atoms with van der Waals surface area (Å²) in [5.74, 6) is -0.575. The molecule has 0 saturated carbocycles. The third kappa shape index (κ3) is 9.13. The molecule has 0 unspecified atom stereocenters. The van der Waals surface area contributed by atoms with Crippen molar-refractivity contribution in [3.05, 3.63) is 338 Å². The third-order valence-electron chi connectivity index (χ3n) is 17.5. The number of rotatable bonds is 14. The van der Waals surface area contributed by atoms with Gasteiger partial charge in [0.25, 0.3) is 0 Å². The van der Waals surface area contributed by atoms with Crippen molar-refractivity contribution < 1.29 is 8.78 Å². The lowest BCUT2D eigenvalue weighted by molar-refractivity contribution is 0.627. The number of para-hydroxylation sites is 3. The first-order valence-electron chi connectivity index (χ1n) is 29.9. The Hall–Kier alpha value is -11.3. The van der Waals surface area contributed by atoms with Gasteiger partial charge in [-0.1, -0.05) is 169 Å². The Morgan fingerprint density at radius 3 is 0.727 bits per heavy atom. The first-order chi connectivity index (χ1) is 43.4. The second-order valence-corrected chi connectivity index (χ2v) is 22.8. The van der Waals surface area contributed by atoms with E-state index >= 15 is 0 Å². The lowest BCUT2D eigenvalue weighted by Crippen LogP contribution is -2.11. The van der Waals surface area contributed by atoms with Crippen molar-refractivity contribution in [1.82, 2.24) is 0 Å². The van der Waals surface area contributed by atoms with Gasteiger partial charge in [0.15, 0.2) is 0 Å². The standard InChI is InChI=1S/C82H56F2N4/c1-54-17-35-66(36-18-54)85(63-11-5-2-6-12-63)75-49-27-57-24-46-72-76(50-28-58-23-45-71(75)79(57)80(58)72)86(64-13-7-3-8-14-64)67-37-19-55(20-38-67)53-56-21-39-68(40-22-56)88(70-43-33-62(84)34-44-70)78-52-30-60-25-47-73-77(51-29-59-26-48-74(78)82(60)81(59)73)87(65-15-9-4-10-16-65)69-41-31-61(83)32-42-69/h2-52H,53H2,1H3. The number of hydrogen-bond donors (Lipinski definition) is 0. The van der Waals surface area contributed by atoms with Gasteiger partial charge in [-0.05, 0) is 213 Å². The van der Waals surface area contributed by atoms with Gasteiger partial charge in [0, 0.05) is 67.0 Å². The van der Waals surface area contributed by atoms with Gasteiger partial charge >= 0.3 is 0 Å². The van der Waals surface area contributed by atoms with Gasteiger partial charge in [-0.3, -0.25) is 0 Å². The molecule has 16 aromatic rings. The number of nitrogens with zero attached hydrogens (tertiary/aromatic N) is 4. The summed E-state index contributed by atoms with van der Waals surface area (Å²) >= 11 is 0. The molecule has 0 saturated heterocycles.